The molecule has 2 rings (SSSR count). The predicted molar refractivity (Wildman–Crippen MR) is 73.1 cm³/mol. The molecule has 4 nitrogen and oxygen atoms in total. The number of rotatable bonds is 3. The highest BCUT2D eigenvalue weighted by Crippen LogP contribution is 2.38. The predicted octanol–water partition coefficient (Wildman–Crippen LogP) is 1.69. The second kappa shape index (κ2) is 5.80. The topological polar surface area (TPSA) is 49.8 Å². The van der Waals surface area contributed by atoms with Gasteiger partial charge in [0.25, 0.3) is 0 Å². The van der Waals surface area contributed by atoms with E-state index in [0.29, 0.717) is 12.6 Å². The van der Waals surface area contributed by atoms with Crippen LogP contribution in [-0.2, 0) is 9.53 Å². The number of ether oxygens (including phenoxy) is 1. The van der Waals surface area contributed by atoms with Crippen molar-refractivity contribution in [1.82, 2.24) is 4.90 Å². The van der Waals surface area contributed by atoms with Gasteiger partial charge in [-0.1, -0.05) is 13.8 Å². The van der Waals surface area contributed by atoms with Gasteiger partial charge < -0.3 is 9.84 Å². The number of carbonyl (C=O) groups is 1. The highest BCUT2D eigenvalue weighted by molar-refractivity contribution is 7.99. The molecule has 2 aliphatic heterocycles. The molecule has 2 heterocycles. The van der Waals surface area contributed by atoms with Gasteiger partial charge >= 0.3 is 5.97 Å². The van der Waals surface area contributed by atoms with Crippen molar-refractivity contribution in [3.05, 3.63) is 0 Å². The lowest BCUT2D eigenvalue weighted by Crippen LogP contribution is -2.58. The van der Waals surface area contributed by atoms with E-state index in [9.17, 15) is 4.79 Å². The molecule has 2 aliphatic rings. The Labute approximate surface area is 113 Å². The Bertz CT molecular complexity index is 309. The summed E-state index contributed by atoms with van der Waals surface area (Å²) in [6, 6.07) is 0.517. The lowest BCUT2D eigenvalue weighted by Gasteiger charge is -2.49. The first-order valence-corrected chi connectivity index (χ1v) is 7.79. The summed E-state index contributed by atoms with van der Waals surface area (Å²) in [5, 5.41) is 9.02. The highest BCUT2D eigenvalue weighted by atomic mass is 32.2. The SMILES string of the molecule is CC1(C)CCSCC1N1CCOCC1CC(=O)O. The van der Waals surface area contributed by atoms with Crippen LogP contribution in [0.3, 0.4) is 0 Å². The van der Waals surface area contributed by atoms with E-state index < -0.39 is 5.97 Å². The first kappa shape index (κ1) is 14.2. The minimum Gasteiger partial charge on any atom is -0.481 e. The standard InChI is InChI=1S/C13H23NO3S/c1-13(2)3-6-18-9-11(13)14-4-5-17-8-10(14)7-12(15)16/h10-11H,3-9H2,1-2H3,(H,15,16). The van der Waals surface area contributed by atoms with Crippen molar-refractivity contribution in [1.29, 1.82) is 0 Å². The van der Waals surface area contributed by atoms with Crippen LogP contribution in [0.4, 0.5) is 0 Å². The number of carboxylic acid groups (broad SMARTS) is 1. The second-order valence-corrected chi connectivity index (χ2v) is 7.04. The molecule has 0 radical (unpaired) electrons. The number of aliphatic carboxylic acids is 1. The molecule has 2 unspecified atom stereocenters. The summed E-state index contributed by atoms with van der Waals surface area (Å²) in [4.78, 5) is 13.4. The van der Waals surface area contributed by atoms with Gasteiger partial charge in [0.15, 0.2) is 0 Å². The van der Waals surface area contributed by atoms with Crippen molar-refractivity contribution < 1.29 is 14.6 Å². The summed E-state index contributed by atoms with van der Waals surface area (Å²) in [5.74, 6) is 1.61. The van der Waals surface area contributed by atoms with Crippen LogP contribution in [0.5, 0.6) is 0 Å². The zero-order chi connectivity index (χ0) is 13.2. The summed E-state index contributed by atoms with van der Waals surface area (Å²) >= 11 is 1.99. The van der Waals surface area contributed by atoms with E-state index in [2.05, 4.69) is 18.7 Å². The number of thioether (sulfide) groups is 1. The quantitative estimate of drug-likeness (QED) is 0.848. The normalized spacial score (nSPS) is 33.2. The Morgan fingerprint density at radius 1 is 1.56 bits per heavy atom. The zero-order valence-electron chi connectivity index (χ0n) is 11.2. The number of morpholine rings is 1. The van der Waals surface area contributed by atoms with Crippen LogP contribution in [0, 0.1) is 5.41 Å². The Morgan fingerprint density at radius 3 is 3.00 bits per heavy atom. The van der Waals surface area contributed by atoms with Crippen LogP contribution in [0.2, 0.25) is 0 Å². The molecule has 5 heteroatoms. The molecular weight excluding hydrogens is 250 g/mol. The van der Waals surface area contributed by atoms with Gasteiger partial charge in [0.05, 0.1) is 19.6 Å². The van der Waals surface area contributed by atoms with Gasteiger partial charge in [0, 0.05) is 24.4 Å². The molecule has 18 heavy (non-hydrogen) atoms. The van der Waals surface area contributed by atoms with Crippen molar-refractivity contribution in [2.24, 2.45) is 5.41 Å². The van der Waals surface area contributed by atoms with Crippen molar-refractivity contribution in [3.63, 3.8) is 0 Å². The van der Waals surface area contributed by atoms with E-state index in [4.69, 9.17) is 9.84 Å². The minimum atomic E-state index is -0.725. The van der Waals surface area contributed by atoms with Crippen LogP contribution in [0.15, 0.2) is 0 Å². The fraction of sp³-hybridized carbons (Fsp3) is 0.923. The molecule has 0 aromatic rings. The molecule has 0 saturated carbocycles. The Hall–Kier alpha value is -0.260. The largest absolute Gasteiger partial charge is 0.481 e. The summed E-state index contributed by atoms with van der Waals surface area (Å²) in [7, 11) is 0. The lowest BCUT2D eigenvalue weighted by molar-refractivity contribution is -0.141. The van der Waals surface area contributed by atoms with Gasteiger partial charge in [-0.25, -0.2) is 0 Å². The first-order valence-electron chi connectivity index (χ1n) is 6.64. The third-order valence-corrected chi connectivity index (χ3v) is 5.20. The van der Waals surface area contributed by atoms with E-state index in [0.717, 1.165) is 18.9 Å². The van der Waals surface area contributed by atoms with Crippen LogP contribution >= 0.6 is 11.8 Å². The summed E-state index contributed by atoms with van der Waals surface area (Å²) < 4.78 is 5.46. The molecule has 2 atom stereocenters. The molecule has 1 N–H and O–H groups in total. The zero-order valence-corrected chi connectivity index (χ0v) is 12.0. The molecule has 0 aliphatic carbocycles. The monoisotopic (exact) mass is 273 g/mol. The maximum atomic E-state index is 11.0. The van der Waals surface area contributed by atoms with Crippen molar-refractivity contribution >= 4 is 17.7 Å². The average Bonchev–Trinajstić information content (AvgIpc) is 2.29. The summed E-state index contributed by atoms with van der Waals surface area (Å²) in [6.45, 7) is 6.78. The molecule has 0 spiro atoms. The summed E-state index contributed by atoms with van der Waals surface area (Å²) in [5.41, 5.74) is 0.277. The fourth-order valence-corrected chi connectivity index (χ4v) is 4.63. The van der Waals surface area contributed by atoms with Crippen molar-refractivity contribution in [3.8, 4) is 0 Å². The lowest BCUT2D eigenvalue weighted by atomic mass is 9.80. The average molecular weight is 273 g/mol. The Balaban J connectivity index is 2.09. The molecule has 2 fully saturated rings. The van der Waals surface area contributed by atoms with Crippen molar-refractivity contribution in [2.45, 2.75) is 38.8 Å². The second-order valence-electron chi connectivity index (χ2n) is 5.89. The molecule has 0 bridgehead atoms. The number of hydrogen-bond acceptors (Lipinski definition) is 4. The number of nitrogens with zero attached hydrogens (tertiary/aromatic N) is 1. The van der Waals surface area contributed by atoms with Crippen LogP contribution in [-0.4, -0.2) is 59.3 Å². The summed E-state index contributed by atoms with van der Waals surface area (Å²) in [6.07, 6.45) is 1.40. The first-order chi connectivity index (χ1) is 8.50. The van der Waals surface area contributed by atoms with E-state index >= 15 is 0 Å². The van der Waals surface area contributed by atoms with Crippen LogP contribution in [0.1, 0.15) is 26.7 Å². The number of carboxylic acids is 1. The third-order valence-electron chi connectivity index (χ3n) is 4.15. The van der Waals surface area contributed by atoms with Gasteiger partial charge in [-0.3, -0.25) is 9.69 Å². The smallest absolute Gasteiger partial charge is 0.305 e. The fourth-order valence-electron chi connectivity index (χ4n) is 2.92. The molecule has 104 valence electrons. The van der Waals surface area contributed by atoms with E-state index in [1.807, 2.05) is 11.8 Å². The maximum Gasteiger partial charge on any atom is 0.305 e. The third kappa shape index (κ3) is 3.19. The van der Waals surface area contributed by atoms with Crippen molar-refractivity contribution in [2.75, 3.05) is 31.3 Å². The molecular formula is C13H23NO3S. The molecule has 2 saturated heterocycles. The van der Waals surface area contributed by atoms with Gasteiger partial charge in [0.1, 0.15) is 0 Å². The van der Waals surface area contributed by atoms with Crippen LogP contribution in [0.25, 0.3) is 0 Å². The van der Waals surface area contributed by atoms with E-state index in [-0.39, 0.29) is 17.9 Å². The molecule has 0 aromatic heterocycles. The van der Waals surface area contributed by atoms with Gasteiger partial charge in [-0.05, 0) is 17.6 Å². The van der Waals surface area contributed by atoms with E-state index in [1.165, 1.54) is 12.2 Å². The molecule has 0 amide bonds. The molecule has 0 aromatic carbocycles. The van der Waals surface area contributed by atoms with Gasteiger partial charge in [-0.15, -0.1) is 0 Å². The number of hydrogen-bond donors (Lipinski definition) is 1. The van der Waals surface area contributed by atoms with E-state index in [1.54, 1.807) is 0 Å². The van der Waals surface area contributed by atoms with Gasteiger partial charge in [0.2, 0.25) is 0 Å². The maximum absolute atomic E-state index is 11.0. The van der Waals surface area contributed by atoms with Crippen LogP contribution < -0.4 is 0 Å². The minimum absolute atomic E-state index is 0.0409. The van der Waals surface area contributed by atoms with Gasteiger partial charge in [-0.2, -0.15) is 11.8 Å². The highest BCUT2D eigenvalue weighted by Gasteiger charge is 2.40. The Morgan fingerprint density at radius 2 is 2.33 bits per heavy atom. The Kier molecular flexibility index (Phi) is 4.56.